The molecule has 2 aromatic carbocycles. The number of para-hydroxylation sites is 1. The molecule has 8 atom stereocenters. The van der Waals surface area contributed by atoms with Gasteiger partial charge in [-0.2, -0.15) is 0 Å². The molecule has 2 aromatic heterocycles. The van der Waals surface area contributed by atoms with Gasteiger partial charge in [0.2, 0.25) is 59.1 Å². The predicted molar refractivity (Wildman–Crippen MR) is 315 cm³/mol. The Hall–Kier alpha value is -9.61. The first-order valence-electron chi connectivity index (χ1n) is 28.6. The van der Waals surface area contributed by atoms with Crippen molar-refractivity contribution in [3.8, 4) is 5.75 Å². The Morgan fingerprint density at radius 1 is 0.759 bits per heavy atom. The first kappa shape index (κ1) is 68.2. The van der Waals surface area contributed by atoms with Crippen molar-refractivity contribution in [2.75, 3.05) is 32.8 Å². The Morgan fingerprint density at radius 2 is 1.39 bits per heavy atom. The number of aliphatic carboxylic acids is 1. The number of phenols is 1. The molecule has 87 heavy (non-hydrogen) atoms. The second kappa shape index (κ2) is 33.8. The molecule has 18 N–H and O–H groups in total. The Balaban J connectivity index is 0.00000334. The van der Waals surface area contributed by atoms with Crippen molar-refractivity contribution in [2.24, 2.45) is 22.4 Å². The van der Waals surface area contributed by atoms with Gasteiger partial charge < -0.3 is 89.5 Å². The Morgan fingerprint density at radius 3 is 2.01 bits per heavy atom. The van der Waals surface area contributed by atoms with Gasteiger partial charge >= 0.3 is 0 Å². The predicted octanol–water partition coefficient (Wildman–Crippen LogP) is -2.76. The third-order valence-electron chi connectivity index (χ3n) is 14.0. The fourth-order valence-electron chi connectivity index (χ4n) is 9.79. The lowest BCUT2D eigenvalue weighted by Gasteiger charge is -2.30. The highest BCUT2D eigenvalue weighted by Gasteiger charge is 2.39. The molecule has 30 heteroatoms. The van der Waals surface area contributed by atoms with Crippen LogP contribution in [0.1, 0.15) is 89.5 Å². The maximum Gasteiger partial charge on any atom is 0.300 e. The summed E-state index contributed by atoms with van der Waals surface area (Å²) in [6.07, 6.45) is 5.78. The van der Waals surface area contributed by atoms with Gasteiger partial charge in [-0.05, 0) is 80.7 Å². The Kier molecular flexibility index (Phi) is 26.5. The third-order valence-corrected chi connectivity index (χ3v) is 14.0. The largest absolute Gasteiger partial charge is 0.508 e. The number of carbonyl (C=O) groups is 11. The van der Waals surface area contributed by atoms with Crippen LogP contribution in [0.4, 0.5) is 0 Å². The minimum atomic E-state index is -1.74. The van der Waals surface area contributed by atoms with Crippen LogP contribution in [0.15, 0.2) is 72.2 Å². The third kappa shape index (κ3) is 21.8. The zero-order chi connectivity index (χ0) is 63.7. The number of likely N-dealkylation sites (N-methyl/N-ethyl adjacent to an activating group) is 1. The first-order chi connectivity index (χ1) is 41.5. The number of H-pyrrole nitrogens is 2. The molecule has 0 bridgehead atoms. The number of aromatic nitrogens is 3. The SMILES string of the molecule is CC(=O)O.CCNC(=O)[C@@H]1CCCN1C(=O)[C@H](CCCN=C(N)N)NC(=O)[C@H](CC(C)C)NC(=O)CNC(=O)[C@H](Cc1ccc(O)cc1)NC(=O)[C@H](CO)NC(=O)[C@H](Cc1c[nH]c2ccccc12)NC(=O)[C@H](Cc1cnc[nH]1)NC(=O)[C@@H]1CCC(=O)N1. The fourth-order valence-corrected chi connectivity index (χ4v) is 9.79. The number of aliphatic hydroxyl groups is 1. The molecule has 0 unspecified atom stereocenters. The molecule has 472 valence electrons. The lowest BCUT2D eigenvalue weighted by Crippen LogP contribution is -2.60. The number of aromatic amines is 2. The van der Waals surface area contributed by atoms with Crippen LogP contribution in [0.3, 0.4) is 0 Å². The number of nitrogens with zero attached hydrogens (tertiary/aromatic N) is 3. The number of fused-ring (bicyclic) bond motifs is 1. The van der Waals surface area contributed by atoms with Gasteiger partial charge in [-0.1, -0.05) is 44.2 Å². The highest BCUT2D eigenvalue weighted by molar-refractivity contribution is 5.99. The molecule has 0 aliphatic carbocycles. The van der Waals surface area contributed by atoms with Gasteiger partial charge in [-0.25, -0.2) is 4.98 Å². The van der Waals surface area contributed by atoms with Gasteiger partial charge in [0, 0.05) is 81.2 Å². The van der Waals surface area contributed by atoms with Gasteiger partial charge in [-0.15, -0.1) is 0 Å². The van der Waals surface area contributed by atoms with Crippen molar-refractivity contribution >= 4 is 81.9 Å². The van der Waals surface area contributed by atoms with Gasteiger partial charge in [0.25, 0.3) is 5.97 Å². The van der Waals surface area contributed by atoms with Gasteiger partial charge in [0.05, 0.1) is 19.5 Å². The Labute approximate surface area is 501 Å². The molecule has 2 saturated heterocycles. The van der Waals surface area contributed by atoms with E-state index < -0.39 is 115 Å². The zero-order valence-corrected chi connectivity index (χ0v) is 49.0. The molecule has 4 aromatic rings. The molecule has 2 aliphatic rings. The van der Waals surface area contributed by atoms with Crippen molar-refractivity contribution in [2.45, 2.75) is 140 Å². The fraction of sp³-hybridized carbons (Fsp3) is 0.491. The lowest BCUT2D eigenvalue weighted by atomic mass is 10.0. The van der Waals surface area contributed by atoms with E-state index in [0.717, 1.165) is 12.4 Å². The van der Waals surface area contributed by atoms with Crippen LogP contribution < -0.4 is 59.3 Å². The van der Waals surface area contributed by atoms with Gasteiger partial charge in [-0.3, -0.25) is 57.7 Å². The number of nitrogens with one attached hydrogen (secondary N) is 11. The molecule has 0 spiro atoms. The summed E-state index contributed by atoms with van der Waals surface area (Å²) in [5.74, 6) is -8.24. The minimum Gasteiger partial charge on any atom is -0.508 e. The van der Waals surface area contributed by atoms with Crippen molar-refractivity contribution in [3.63, 3.8) is 0 Å². The van der Waals surface area contributed by atoms with E-state index in [-0.39, 0.29) is 93.9 Å². The van der Waals surface area contributed by atoms with E-state index in [2.05, 4.69) is 67.8 Å². The lowest BCUT2D eigenvalue weighted by molar-refractivity contribution is -0.142. The van der Waals surface area contributed by atoms with Crippen LogP contribution in [-0.4, -0.2) is 187 Å². The highest BCUT2D eigenvalue weighted by Crippen LogP contribution is 2.22. The molecular weight excluding hydrogens is 1130 g/mol. The Bertz CT molecular complexity index is 3050. The molecule has 0 saturated carbocycles. The number of rotatable bonds is 30. The van der Waals surface area contributed by atoms with E-state index >= 15 is 0 Å². The number of carbonyl (C=O) groups excluding carboxylic acids is 10. The maximum absolute atomic E-state index is 14.4. The average Bonchev–Trinajstić information content (AvgIpc) is 2.38. The summed E-state index contributed by atoms with van der Waals surface area (Å²) in [4.78, 5) is 161. The van der Waals surface area contributed by atoms with Crippen molar-refractivity contribution in [1.82, 2.24) is 67.7 Å². The van der Waals surface area contributed by atoms with Crippen LogP contribution in [0.5, 0.6) is 5.75 Å². The molecule has 30 nitrogen and oxygen atoms in total. The van der Waals surface area contributed by atoms with Crippen molar-refractivity contribution in [1.29, 1.82) is 0 Å². The number of imidazole rings is 1. The van der Waals surface area contributed by atoms with E-state index in [9.17, 15) is 58.2 Å². The van der Waals surface area contributed by atoms with Crippen LogP contribution >= 0.6 is 0 Å². The number of amides is 10. The van der Waals surface area contributed by atoms with Gasteiger partial charge in [0.1, 0.15) is 54.1 Å². The number of carboxylic acids is 1. The summed E-state index contributed by atoms with van der Waals surface area (Å²) in [5, 5.41) is 52.4. The van der Waals surface area contributed by atoms with E-state index in [4.69, 9.17) is 21.4 Å². The van der Waals surface area contributed by atoms with E-state index in [1.54, 1.807) is 31.3 Å². The highest BCUT2D eigenvalue weighted by atomic mass is 16.4. The smallest absolute Gasteiger partial charge is 0.300 e. The summed E-state index contributed by atoms with van der Waals surface area (Å²) in [5.41, 5.74) is 13.2. The second-order valence-corrected chi connectivity index (χ2v) is 21.4. The number of phenolic OH excluding ortho intramolecular Hbond substituents is 1. The van der Waals surface area contributed by atoms with E-state index in [1.165, 1.54) is 41.7 Å². The summed E-state index contributed by atoms with van der Waals surface area (Å²) in [7, 11) is 0. The minimum absolute atomic E-state index is 0.0913. The van der Waals surface area contributed by atoms with Gasteiger partial charge in [0.15, 0.2) is 5.96 Å². The van der Waals surface area contributed by atoms with Crippen molar-refractivity contribution < 1.29 is 68.1 Å². The number of likely N-dealkylation sites (tertiary alicyclic amines) is 1. The van der Waals surface area contributed by atoms with Crippen LogP contribution in [-0.2, 0) is 72.0 Å². The molecule has 2 fully saturated rings. The topological polar surface area (TPSA) is 469 Å². The molecule has 6 rings (SSSR count). The molecule has 4 heterocycles. The van der Waals surface area contributed by atoms with Crippen LogP contribution in [0.25, 0.3) is 10.9 Å². The number of hydrogen-bond donors (Lipinski definition) is 16. The zero-order valence-electron chi connectivity index (χ0n) is 49.0. The van der Waals surface area contributed by atoms with Crippen LogP contribution in [0, 0.1) is 5.92 Å². The summed E-state index contributed by atoms with van der Waals surface area (Å²) in [6, 6.07) is 2.91. The van der Waals surface area contributed by atoms with Crippen molar-refractivity contribution in [3.05, 3.63) is 84.1 Å². The summed E-state index contributed by atoms with van der Waals surface area (Å²) in [6.45, 7) is 5.55. The monoisotopic (exact) mass is 1210 g/mol. The molecule has 0 radical (unpaired) electrons. The number of carboxylic acid groups (broad SMARTS) is 1. The normalized spacial score (nSPS) is 16.4. The number of guanidine groups is 1. The standard InChI is InChI=1S/C55H76N16O12.C2H4O2/c1-4-59-53(82)44-12-8-20-71(44)54(83)38(11-7-19-60-55(56)57)66-49(78)39(21-30(2)3)65-46(75)27-62-47(76)40(22-31-13-15-34(73)16-14-31)67-52(81)43(28-72)70-50(79)41(23-32-25-61-36-10-6-5-9-35(32)36)68-51(80)42(24-33-26-58-29-63-33)69-48(77)37-17-18-45(74)64-37;1-2(3)4/h5-6,9-10,13-16,25-26,29-30,37-44,61,72-73H,4,7-8,11-12,17-24,27-28H2,1-3H3,(H,58,63)(H,59,82)(H,62,76)(H,64,74)(H,65,75)(H,66,78)(H,67,81)(H,68,80)(H,69,77)(H,70,79)(H4,56,57,60);1H3,(H,3,4)/t37-,38-,39-,40-,41-,42-,43-,44-;/m0./s1. The number of hydrogen-bond acceptors (Lipinski definition) is 15. The average molecular weight is 1210 g/mol. The van der Waals surface area contributed by atoms with E-state index in [1.807, 2.05) is 19.9 Å². The summed E-state index contributed by atoms with van der Waals surface area (Å²) < 4.78 is 0. The maximum atomic E-state index is 14.4. The number of aromatic hydroxyl groups is 1. The first-order valence-corrected chi connectivity index (χ1v) is 28.6. The quantitative estimate of drug-likeness (QED) is 0.0143. The molecule has 10 amide bonds. The molecule has 2 aliphatic heterocycles. The number of benzene rings is 2. The number of aliphatic imine (C=N–C) groups is 1. The summed E-state index contributed by atoms with van der Waals surface area (Å²) >= 11 is 0. The van der Waals surface area contributed by atoms with Crippen LogP contribution in [0.2, 0.25) is 0 Å². The molecular formula is C57H80N16O14. The van der Waals surface area contributed by atoms with E-state index in [0.29, 0.717) is 41.6 Å². The second-order valence-electron chi connectivity index (χ2n) is 21.4. The number of nitrogens with two attached hydrogens (primary N) is 2. The number of aliphatic hydroxyl groups excluding tert-OH is 1.